The molecule has 5 aromatic rings. The van der Waals surface area contributed by atoms with E-state index in [1.807, 2.05) is 0 Å². The lowest BCUT2D eigenvalue weighted by atomic mass is 10.2. The zero-order valence-corrected chi connectivity index (χ0v) is 24.0. The maximum absolute atomic E-state index is 13.9. The molecular weight excluding hydrogens is 584 g/mol. The zero-order valence-electron chi connectivity index (χ0n) is 22.5. The number of aryl methyl sites for hydroxylation is 1. The lowest BCUT2D eigenvalue weighted by Crippen LogP contribution is -2.23. The lowest BCUT2D eigenvalue weighted by molar-refractivity contribution is 0.378. The number of aromatic nitrogens is 4. The fraction of sp³-hybridized carbons (Fsp3) is 0.103. The first-order chi connectivity index (χ1) is 20.1. The molecule has 0 unspecified atom stereocenters. The number of rotatable bonds is 7. The van der Waals surface area contributed by atoms with Crippen LogP contribution in [0.15, 0.2) is 98.6 Å². The van der Waals surface area contributed by atoms with E-state index in [-0.39, 0.29) is 33.5 Å². The van der Waals surface area contributed by atoms with E-state index < -0.39 is 26.2 Å². The van der Waals surface area contributed by atoms with Crippen LogP contribution in [0.25, 0.3) is 22.8 Å². The summed E-state index contributed by atoms with van der Waals surface area (Å²) in [6.45, 7) is 1.78. The van der Waals surface area contributed by atoms with E-state index in [0.29, 0.717) is 16.3 Å². The van der Waals surface area contributed by atoms with Gasteiger partial charge in [-0.05, 0) is 61.0 Å². The van der Waals surface area contributed by atoms with Gasteiger partial charge in [-0.15, -0.1) is 0 Å². The van der Waals surface area contributed by atoms with Crippen molar-refractivity contribution in [3.05, 3.63) is 111 Å². The maximum atomic E-state index is 13.9. The second-order valence-corrected chi connectivity index (χ2v) is 11.4. The third-order valence-electron chi connectivity index (χ3n) is 6.36. The third kappa shape index (κ3) is 5.01. The van der Waals surface area contributed by atoms with Gasteiger partial charge in [0.25, 0.3) is 11.1 Å². The van der Waals surface area contributed by atoms with Crippen molar-refractivity contribution in [3.8, 4) is 40.1 Å². The van der Waals surface area contributed by atoms with Crippen molar-refractivity contribution in [2.45, 2.75) is 16.7 Å². The molecule has 0 spiro atoms. The molecule has 0 radical (unpaired) electrons. The Bertz CT molecular complexity index is 2030. The molecule has 13 heteroatoms. The monoisotopic (exact) mass is 606 g/mol. The highest BCUT2D eigenvalue weighted by Gasteiger charge is 2.32. The third-order valence-corrected chi connectivity index (χ3v) is 8.37. The Kier molecular flexibility index (Phi) is 7.59. The summed E-state index contributed by atoms with van der Waals surface area (Å²) in [5.74, 6) is -0.594. The number of nitrogens with zero attached hydrogens (tertiary/aromatic N) is 4. The van der Waals surface area contributed by atoms with E-state index in [1.54, 1.807) is 37.4 Å². The highest BCUT2D eigenvalue weighted by atomic mass is 35.5. The van der Waals surface area contributed by atoms with Crippen LogP contribution in [-0.2, 0) is 9.84 Å². The standard InChI is InChI=1S/C29H23ClN4O7S/c1-17-13-18(15-31-14-17)27-32-28(36)26(29(37)34(27)25-22(40-2)5-4-6-23(25)41-3)42(38,39)21-10-8-20(9-11-21)33-16-19(30)7-12-24(33)35/h4-16,37H,1-3H3. The first-order valence-electron chi connectivity index (χ1n) is 12.3. The highest BCUT2D eigenvalue weighted by molar-refractivity contribution is 7.91. The molecule has 0 aliphatic heterocycles. The van der Waals surface area contributed by atoms with Crippen LogP contribution in [-0.4, -0.2) is 46.8 Å². The molecule has 5 rings (SSSR count). The molecule has 11 nitrogen and oxygen atoms in total. The first kappa shape index (κ1) is 28.6. The van der Waals surface area contributed by atoms with Gasteiger partial charge in [0.05, 0.1) is 24.1 Å². The number of hydrogen-bond acceptors (Lipinski definition) is 9. The SMILES string of the molecule is COc1cccc(OC)c1-n1c(-c2cncc(C)c2)nc(=O)c(S(=O)(=O)c2ccc(-n3cc(Cl)ccc3=O)cc2)c1O. The van der Waals surface area contributed by atoms with Crippen LogP contribution in [0.5, 0.6) is 17.4 Å². The number of benzene rings is 2. The Morgan fingerprint density at radius 2 is 1.60 bits per heavy atom. The topological polar surface area (TPSA) is 143 Å². The number of aromatic hydroxyl groups is 1. The summed E-state index contributed by atoms with van der Waals surface area (Å²) in [4.78, 5) is 32.7. The predicted octanol–water partition coefficient (Wildman–Crippen LogP) is 3.96. The fourth-order valence-electron chi connectivity index (χ4n) is 4.43. The highest BCUT2D eigenvalue weighted by Crippen LogP contribution is 2.40. The second kappa shape index (κ2) is 11.1. The summed E-state index contributed by atoms with van der Waals surface area (Å²) in [6, 6.07) is 14.4. The van der Waals surface area contributed by atoms with Crippen molar-refractivity contribution < 1.29 is 23.0 Å². The fourth-order valence-corrected chi connectivity index (χ4v) is 5.93. The molecule has 0 saturated heterocycles. The first-order valence-corrected chi connectivity index (χ1v) is 14.2. The smallest absolute Gasteiger partial charge is 0.296 e. The van der Waals surface area contributed by atoms with Crippen molar-refractivity contribution in [3.63, 3.8) is 0 Å². The molecule has 2 aromatic carbocycles. The van der Waals surface area contributed by atoms with Crippen LogP contribution >= 0.6 is 11.6 Å². The molecule has 0 amide bonds. The van der Waals surface area contributed by atoms with Gasteiger partial charge in [0.2, 0.25) is 15.7 Å². The average Bonchev–Trinajstić information content (AvgIpc) is 2.97. The summed E-state index contributed by atoms with van der Waals surface area (Å²) in [5.41, 5.74) is -0.0691. The normalized spacial score (nSPS) is 11.3. The molecule has 0 saturated carbocycles. The van der Waals surface area contributed by atoms with Gasteiger partial charge in [-0.1, -0.05) is 17.7 Å². The van der Waals surface area contributed by atoms with E-state index in [1.165, 1.54) is 67.6 Å². The van der Waals surface area contributed by atoms with E-state index in [4.69, 9.17) is 21.1 Å². The maximum Gasteiger partial charge on any atom is 0.296 e. The number of sulfone groups is 1. The summed E-state index contributed by atoms with van der Waals surface area (Å²) < 4.78 is 41.1. The minimum Gasteiger partial charge on any atom is -0.494 e. The Labute approximate surface area is 244 Å². The van der Waals surface area contributed by atoms with Crippen LogP contribution < -0.4 is 20.6 Å². The summed E-state index contributed by atoms with van der Waals surface area (Å²) in [7, 11) is -1.87. The van der Waals surface area contributed by atoms with E-state index in [0.717, 1.165) is 10.1 Å². The molecule has 0 fully saturated rings. The summed E-state index contributed by atoms with van der Waals surface area (Å²) in [6.07, 6.45) is 4.41. The quantitative estimate of drug-likeness (QED) is 0.291. The van der Waals surface area contributed by atoms with E-state index in [2.05, 4.69) is 9.97 Å². The van der Waals surface area contributed by atoms with Crippen molar-refractivity contribution in [1.82, 2.24) is 19.1 Å². The molecular formula is C29H23ClN4O7S. The Hall–Kier alpha value is -4.94. The minimum atomic E-state index is -4.65. The number of halogens is 1. The number of para-hydroxylation sites is 1. The van der Waals surface area contributed by atoms with Gasteiger partial charge in [0.1, 0.15) is 17.2 Å². The molecule has 0 aliphatic carbocycles. The molecule has 42 heavy (non-hydrogen) atoms. The predicted molar refractivity (Wildman–Crippen MR) is 155 cm³/mol. The summed E-state index contributed by atoms with van der Waals surface area (Å²) in [5, 5.41) is 11.9. The van der Waals surface area contributed by atoms with Gasteiger partial charge in [-0.2, -0.15) is 4.98 Å². The van der Waals surface area contributed by atoms with Crippen molar-refractivity contribution in [1.29, 1.82) is 0 Å². The van der Waals surface area contributed by atoms with Gasteiger partial charge in [0, 0.05) is 35.9 Å². The summed E-state index contributed by atoms with van der Waals surface area (Å²) >= 11 is 6.01. The molecule has 214 valence electrons. The molecule has 0 bridgehead atoms. The number of methoxy groups -OCH3 is 2. The van der Waals surface area contributed by atoms with Crippen molar-refractivity contribution in [2.75, 3.05) is 14.2 Å². The molecule has 1 N–H and O–H groups in total. The zero-order chi connectivity index (χ0) is 30.2. The Morgan fingerprint density at radius 1 is 0.929 bits per heavy atom. The van der Waals surface area contributed by atoms with Crippen LogP contribution in [0.1, 0.15) is 5.56 Å². The van der Waals surface area contributed by atoms with Crippen LogP contribution in [0.4, 0.5) is 0 Å². The molecule has 0 aliphatic rings. The minimum absolute atomic E-state index is 0.0915. The van der Waals surface area contributed by atoms with E-state index >= 15 is 0 Å². The van der Waals surface area contributed by atoms with Gasteiger partial charge < -0.3 is 14.6 Å². The van der Waals surface area contributed by atoms with Crippen LogP contribution in [0.3, 0.4) is 0 Å². The number of hydrogen-bond donors (Lipinski definition) is 1. The molecule has 0 atom stereocenters. The average molecular weight is 607 g/mol. The van der Waals surface area contributed by atoms with Gasteiger partial charge in [-0.3, -0.25) is 23.7 Å². The number of pyridine rings is 2. The lowest BCUT2D eigenvalue weighted by Gasteiger charge is -2.21. The van der Waals surface area contributed by atoms with Crippen molar-refractivity contribution >= 4 is 21.4 Å². The van der Waals surface area contributed by atoms with E-state index in [9.17, 15) is 23.1 Å². The molecule has 3 heterocycles. The molecule has 3 aromatic heterocycles. The number of ether oxygens (including phenoxy) is 2. The van der Waals surface area contributed by atoms with Crippen LogP contribution in [0, 0.1) is 6.92 Å². The largest absolute Gasteiger partial charge is 0.494 e. The van der Waals surface area contributed by atoms with Crippen LogP contribution in [0.2, 0.25) is 5.02 Å². The Morgan fingerprint density at radius 3 is 2.21 bits per heavy atom. The van der Waals surface area contributed by atoms with Gasteiger partial charge in [0.15, 0.2) is 10.7 Å². The Balaban J connectivity index is 1.77. The van der Waals surface area contributed by atoms with Gasteiger partial charge in [-0.25, -0.2) is 8.42 Å². The second-order valence-electron chi connectivity index (χ2n) is 9.04. The van der Waals surface area contributed by atoms with Crippen molar-refractivity contribution in [2.24, 2.45) is 0 Å². The van der Waals surface area contributed by atoms with Gasteiger partial charge >= 0.3 is 0 Å².